The fourth-order valence-corrected chi connectivity index (χ4v) is 2.13. The van der Waals surface area contributed by atoms with Gasteiger partial charge in [-0.1, -0.05) is 12.1 Å². The molecule has 0 amide bonds. The van der Waals surface area contributed by atoms with E-state index in [1.807, 2.05) is 0 Å². The van der Waals surface area contributed by atoms with E-state index in [4.69, 9.17) is 4.74 Å². The number of carbonyl (C=O) groups excluding carboxylic acids is 1. The summed E-state index contributed by atoms with van der Waals surface area (Å²) in [5.74, 6) is -0.546. The van der Waals surface area contributed by atoms with Crippen molar-refractivity contribution < 1.29 is 13.9 Å². The van der Waals surface area contributed by atoms with Crippen molar-refractivity contribution in [2.75, 3.05) is 0 Å². The number of rotatable bonds is 2. The van der Waals surface area contributed by atoms with Crippen LogP contribution in [0.1, 0.15) is 6.92 Å². The lowest BCUT2D eigenvalue weighted by Gasteiger charge is -2.06. The van der Waals surface area contributed by atoms with Crippen LogP contribution in [-0.4, -0.2) is 15.9 Å². The predicted molar refractivity (Wildman–Crippen MR) is 79.1 cm³/mol. The summed E-state index contributed by atoms with van der Waals surface area (Å²) in [4.78, 5) is 29.9. The minimum absolute atomic E-state index is 0.149. The van der Waals surface area contributed by atoms with Crippen LogP contribution >= 0.6 is 0 Å². The van der Waals surface area contributed by atoms with Gasteiger partial charge in [-0.15, -0.1) is 0 Å². The summed E-state index contributed by atoms with van der Waals surface area (Å²) < 4.78 is 18.7. The Morgan fingerprint density at radius 2 is 2.00 bits per heavy atom. The third-order valence-corrected chi connectivity index (χ3v) is 3.07. The second-order valence-corrected chi connectivity index (χ2v) is 4.67. The van der Waals surface area contributed by atoms with E-state index < -0.39 is 17.3 Å². The van der Waals surface area contributed by atoms with E-state index in [0.717, 1.165) is 0 Å². The highest BCUT2D eigenvalue weighted by atomic mass is 19.1. The molecule has 0 unspecified atom stereocenters. The fraction of sp³-hybridized carbons (Fsp3) is 0.0625. The number of benzene rings is 2. The topological polar surface area (TPSA) is 72.0 Å². The van der Waals surface area contributed by atoms with Crippen LogP contribution in [0.3, 0.4) is 0 Å². The highest BCUT2D eigenvalue weighted by Crippen LogP contribution is 2.21. The van der Waals surface area contributed by atoms with Crippen molar-refractivity contribution in [2.24, 2.45) is 0 Å². The summed E-state index contributed by atoms with van der Waals surface area (Å²) in [6.45, 7) is 1.27. The van der Waals surface area contributed by atoms with Gasteiger partial charge in [-0.05, 0) is 30.3 Å². The fourth-order valence-electron chi connectivity index (χ4n) is 2.13. The number of hydrogen-bond acceptors (Lipinski definition) is 4. The van der Waals surface area contributed by atoms with Gasteiger partial charge in [-0.3, -0.25) is 9.59 Å². The lowest BCUT2D eigenvalue weighted by atomic mass is 10.2. The Labute approximate surface area is 124 Å². The van der Waals surface area contributed by atoms with Crippen molar-refractivity contribution in [2.45, 2.75) is 6.92 Å². The average molecular weight is 298 g/mol. The number of nitrogens with zero attached hydrogens (tertiary/aromatic N) is 1. The van der Waals surface area contributed by atoms with Gasteiger partial charge in [0.05, 0.1) is 16.5 Å². The minimum atomic E-state index is -0.480. The number of esters is 1. The monoisotopic (exact) mass is 298 g/mol. The molecule has 6 heteroatoms. The molecule has 110 valence electrons. The molecule has 0 atom stereocenters. The zero-order chi connectivity index (χ0) is 15.7. The van der Waals surface area contributed by atoms with Crippen molar-refractivity contribution in [3.05, 3.63) is 58.6 Å². The molecule has 0 radical (unpaired) electrons. The molecule has 1 heterocycles. The Kier molecular flexibility index (Phi) is 3.42. The smallest absolute Gasteiger partial charge is 0.308 e. The first-order valence-corrected chi connectivity index (χ1v) is 6.52. The molecule has 22 heavy (non-hydrogen) atoms. The summed E-state index contributed by atoms with van der Waals surface area (Å²) in [6.07, 6.45) is 0. The zero-order valence-corrected chi connectivity index (χ0v) is 11.6. The quantitative estimate of drug-likeness (QED) is 0.583. The number of aromatic nitrogens is 2. The van der Waals surface area contributed by atoms with Gasteiger partial charge < -0.3 is 9.72 Å². The van der Waals surface area contributed by atoms with E-state index in [0.29, 0.717) is 5.52 Å². The molecular weight excluding hydrogens is 287 g/mol. The lowest BCUT2D eigenvalue weighted by molar-refractivity contribution is -0.131. The maximum atomic E-state index is 13.8. The Morgan fingerprint density at radius 1 is 1.23 bits per heavy atom. The largest absolute Gasteiger partial charge is 0.427 e. The third-order valence-electron chi connectivity index (χ3n) is 3.07. The number of hydrogen-bond donors (Lipinski definition) is 1. The highest BCUT2D eigenvalue weighted by Gasteiger charge is 2.10. The van der Waals surface area contributed by atoms with Gasteiger partial charge in [0, 0.05) is 6.92 Å². The Hall–Kier alpha value is -3.02. The van der Waals surface area contributed by atoms with Gasteiger partial charge in [-0.2, -0.15) is 0 Å². The molecule has 1 aromatic heterocycles. The van der Waals surface area contributed by atoms with E-state index in [1.54, 1.807) is 18.2 Å². The van der Waals surface area contributed by atoms with E-state index >= 15 is 0 Å². The van der Waals surface area contributed by atoms with Crippen molar-refractivity contribution >= 4 is 16.9 Å². The number of H-pyrrole nitrogens is 1. The summed E-state index contributed by atoms with van der Waals surface area (Å²) in [7, 11) is 0. The molecule has 0 spiro atoms. The van der Waals surface area contributed by atoms with E-state index in [1.165, 1.54) is 31.2 Å². The number of ether oxygens (including phenoxy) is 1. The van der Waals surface area contributed by atoms with Crippen LogP contribution in [0, 0.1) is 5.82 Å². The van der Waals surface area contributed by atoms with Crippen LogP contribution in [0.15, 0.2) is 47.3 Å². The molecule has 1 N–H and O–H groups in total. The standard InChI is InChI=1S/C16H11FN2O3/c1-9(20)22-10-6-7-14-12(8-10)16(21)19-15(18-14)11-4-2-3-5-13(11)17/h2-8H,1H3,(H,18,19,21). The summed E-state index contributed by atoms with van der Waals surface area (Å²) in [6, 6.07) is 10.5. The number of carbonyl (C=O) groups is 1. The Morgan fingerprint density at radius 3 is 2.73 bits per heavy atom. The van der Waals surface area contributed by atoms with Crippen LogP contribution in [0.25, 0.3) is 22.3 Å². The first-order chi connectivity index (χ1) is 10.5. The van der Waals surface area contributed by atoms with Crippen molar-refractivity contribution in [3.8, 4) is 17.1 Å². The van der Waals surface area contributed by atoms with Crippen LogP contribution in [0.5, 0.6) is 5.75 Å². The van der Waals surface area contributed by atoms with Gasteiger partial charge in [0.1, 0.15) is 17.4 Å². The summed E-state index contributed by atoms with van der Waals surface area (Å²) in [5.41, 5.74) is 0.167. The van der Waals surface area contributed by atoms with Gasteiger partial charge in [0.25, 0.3) is 5.56 Å². The van der Waals surface area contributed by atoms with Gasteiger partial charge >= 0.3 is 5.97 Å². The summed E-state index contributed by atoms with van der Waals surface area (Å²) in [5, 5.41) is 0.263. The average Bonchev–Trinajstić information content (AvgIpc) is 2.47. The van der Waals surface area contributed by atoms with Crippen molar-refractivity contribution in [3.63, 3.8) is 0 Å². The molecule has 0 aliphatic rings. The molecular formula is C16H11FN2O3. The predicted octanol–water partition coefficient (Wildman–Crippen LogP) is 2.65. The molecule has 5 nitrogen and oxygen atoms in total. The van der Waals surface area contributed by atoms with Crippen molar-refractivity contribution in [1.82, 2.24) is 9.97 Å². The lowest BCUT2D eigenvalue weighted by Crippen LogP contribution is -2.10. The van der Waals surface area contributed by atoms with Gasteiger partial charge in [-0.25, -0.2) is 9.37 Å². The first-order valence-electron chi connectivity index (χ1n) is 6.52. The number of aromatic amines is 1. The molecule has 0 saturated heterocycles. The SMILES string of the molecule is CC(=O)Oc1ccc2nc(-c3ccccc3F)[nH]c(=O)c2c1. The van der Waals surface area contributed by atoms with Crippen LogP contribution in [0.2, 0.25) is 0 Å². The second kappa shape index (κ2) is 5.40. The number of halogens is 1. The maximum absolute atomic E-state index is 13.8. The third kappa shape index (κ3) is 2.58. The minimum Gasteiger partial charge on any atom is -0.427 e. The molecule has 3 aromatic rings. The van der Waals surface area contributed by atoms with Crippen molar-refractivity contribution in [1.29, 1.82) is 0 Å². The van der Waals surface area contributed by atoms with Crippen LogP contribution in [0.4, 0.5) is 4.39 Å². The van der Waals surface area contributed by atoms with Gasteiger partial charge in [0.15, 0.2) is 0 Å². The normalized spacial score (nSPS) is 10.6. The van der Waals surface area contributed by atoms with Crippen LogP contribution in [-0.2, 0) is 4.79 Å². The van der Waals surface area contributed by atoms with Gasteiger partial charge in [0.2, 0.25) is 0 Å². The Bertz CT molecular complexity index is 934. The van der Waals surface area contributed by atoms with E-state index in [9.17, 15) is 14.0 Å². The highest BCUT2D eigenvalue weighted by molar-refractivity contribution is 5.82. The van der Waals surface area contributed by atoms with E-state index in [2.05, 4.69) is 9.97 Å². The van der Waals surface area contributed by atoms with Crippen LogP contribution < -0.4 is 10.3 Å². The second-order valence-electron chi connectivity index (χ2n) is 4.67. The molecule has 0 aliphatic heterocycles. The molecule has 3 rings (SSSR count). The Balaban J connectivity index is 2.16. The van der Waals surface area contributed by atoms with E-state index in [-0.39, 0.29) is 22.5 Å². The zero-order valence-electron chi connectivity index (χ0n) is 11.6. The molecule has 0 bridgehead atoms. The number of nitrogens with one attached hydrogen (secondary N) is 1. The molecule has 0 fully saturated rings. The first kappa shape index (κ1) is 13.9. The molecule has 0 saturated carbocycles. The summed E-state index contributed by atoms with van der Waals surface area (Å²) >= 11 is 0. The molecule has 0 aliphatic carbocycles. The maximum Gasteiger partial charge on any atom is 0.308 e. The molecule has 2 aromatic carbocycles. The number of fused-ring (bicyclic) bond motifs is 1.